The van der Waals surface area contributed by atoms with Gasteiger partial charge in [-0.3, -0.25) is 4.79 Å². The summed E-state index contributed by atoms with van der Waals surface area (Å²) in [6.07, 6.45) is 6.06. The van der Waals surface area contributed by atoms with Crippen LogP contribution in [0, 0.1) is 13.8 Å². The smallest absolute Gasteiger partial charge is 0.253 e. The van der Waals surface area contributed by atoms with E-state index in [9.17, 15) is 4.79 Å². The molecule has 2 aromatic rings. The molecular weight excluding hydrogens is 330 g/mol. The van der Waals surface area contributed by atoms with E-state index in [1.54, 1.807) is 0 Å². The Labute approximate surface area is 154 Å². The van der Waals surface area contributed by atoms with Gasteiger partial charge in [0, 0.05) is 18.7 Å². The van der Waals surface area contributed by atoms with Crippen molar-refractivity contribution < 1.29 is 0 Å². The molecule has 0 unspecified atom stereocenters. The third-order valence-corrected chi connectivity index (χ3v) is 5.90. The van der Waals surface area contributed by atoms with Gasteiger partial charge in [0.1, 0.15) is 0 Å². The number of hydrogen-bond acceptors (Lipinski definition) is 2. The zero-order valence-corrected chi connectivity index (χ0v) is 16.1. The van der Waals surface area contributed by atoms with Gasteiger partial charge in [-0.1, -0.05) is 31.4 Å². The molecule has 1 aliphatic rings. The molecule has 1 aromatic heterocycles. The highest BCUT2D eigenvalue weighted by Gasteiger charge is 2.24. The lowest BCUT2D eigenvalue weighted by molar-refractivity contribution is 0.235. The molecule has 0 radical (unpaired) electrons. The quantitative estimate of drug-likeness (QED) is 0.821. The number of fused-ring (bicyclic) bond motifs is 1. The Balaban J connectivity index is 1.96. The van der Waals surface area contributed by atoms with Gasteiger partial charge in [0.05, 0.1) is 12.1 Å². The van der Waals surface area contributed by atoms with Crippen LogP contribution >= 0.6 is 12.2 Å². The van der Waals surface area contributed by atoms with E-state index >= 15 is 0 Å². The molecule has 5 heteroatoms. The minimum atomic E-state index is -0.0130. The fourth-order valence-electron chi connectivity index (χ4n) is 3.77. The van der Waals surface area contributed by atoms with Crippen molar-refractivity contribution in [2.45, 2.75) is 58.5 Å². The predicted octanol–water partition coefficient (Wildman–Crippen LogP) is 3.78. The largest absolute Gasteiger partial charge is 0.366 e. The predicted molar refractivity (Wildman–Crippen MR) is 108 cm³/mol. The molecule has 0 atom stereocenters. The summed E-state index contributed by atoms with van der Waals surface area (Å²) in [6, 6.07) is 6.63. The summed E-state index contributed by atoms with van der Waals surface area (Å²) in [7, 11) is 1.86. The number of benzene rings is 1. The molecule has 1 heterocycles. The second-order valence-electron chi connectivity index (χ2n) is 7.07. The summed E-state index contributed by atoms with van der Waals surface area (Å²) in [4.78, 5) is 18.0. The minimum Gasteiger partial charge on any atom is -0.366 e. The first-order valence-electron chi connectivity index (χ1n) is 9.11. The normalized spacial score (nSPS) is 15.3. The van der Waals surface area contributed by atoms with E-state index in [4.69, 9.17) is 12.2 Å². The van der Waals surface area contributed by atoms with Crippen LogP contribution in [0.4, 0.5) is 0 Å². The van der Waals surface area contributed by atoms with E-state index in [-0.39, 0.29) is 5.56 Å². The van der Waals surface area contributed by atoms with Crippen LogP contribution in [-0.4, -0.2) is 28.1 Å². The number of aromatic amines is 1. The Hall–Kier alpha value is -1.88. The number of nitrogens with one attached hydrogen (secondary N) is 2. The van der Waals surface area contributed by atoms with Gasteiger partial charge in [-0.2, -0.15) is 0 Å². The van der Waals surface area contributed by atoms with Gasteiger partial charge < -0.3 is 15.2 Å². The summed E-state index contributed by atoms with van der Waals surface area (Å²) in [5.74, 6) is 0. The van der Waals surface area contributed by atoms with Gasteiger partial charge in [0.15, 0.2) is 5.11 Å². The van der Waals surface area contributed by atoms with Crippen molar-refractivity contribution in [3.63, 3.8) is 0 Å². The van der Waals surface area contributed by atoms with Gasteiger partial charge in [-0.25, -0.2) is 0 Å². The van der Waals surface area contributed by atoms with Gasteiger partial charge in [0.2, 0.25) is 0 Å². The number of thiocarbonyl (C=S) groups is 1. The van der Waals surface area contributed by atoms with Crippen molar-refractivity contribution >= 4 is 28.2 Å². The Morgan fingerprint density at radius 2 is 2.00 bits per heavy atom. The van der Waals surface area contributed by atoms with Crippen molar-refractivity contribution in [3.05, 3.63) is 45.2 Å². The Bertz CT molecular complexity index is 837. The lowest BCUT2D eigenvalue weighted by Crippen LogP contribution is -2.46. The van der Waals surface area contributed by atoms with E-state index in [2.05, 4.69) is 41.2 Å². The lowest BCUT2D eigenvalue weighted by atomic mass is 9.94. The molecule has 0 spiro atoms. The molecule has 0 bridgehead atoms. The van der Waals surface area contributed by atoms with Crippen molar-refractivity contribution in [3.8, 4) is 0 Å². The van der Waals surface area contributed by atoms with Gasteiger partial charge in [0.25, 0.3) is 5.56 Å². The van der Waals surface area contributed by atoms with Gasteiger partial charge in [-0.05, 0) is 61.5 Å². The van der Waals surface area contributed by atoms with Crippen LogP contribution in [0.3, 0.4) is 0 Å². The number of H-pyrrole nitrogens is 1. The molecule has 1 aliphatic carbocycles. The topological polar surface area (TPSA) is 48.1 Å². The fourth-order valence-corrected chi connectivity index (χ4v) is 3.99. The van der Waals surface area contributed by atoms with Crippen LogP contribution in [-0.2, 0) is 6.54 Å². The summed E-state index contributed by atoms with van der Waals surface area (Å²) in [5.41, 5.74) is 4.03. The average molecular weight is 358 g/mol. The molecule has 1 saturated carbocycles. The maximum absolute atomic E-state index is 12.7. The van der Waals surface area contributed by atoms with Crippen LogP contribution in [0.5, 0.6) is 0 Å². The molecule has 134 valence electrons. The molecule has 25 heavy (non-hydrogen) atoms. The molecule has 0 saturated heterocycles. The number of pyridine rings is 1. The van der Waals surface area contributed by atoms with Crippen LogP contribution in [0.1, 0.15) is 48.8 Å². The first kappa shape index (κ1) is 17.9. The van der Waals surface area contributed by atoms with E-state index in [1.165, 1.54) is 24.8 Å². The number of rotatable bonds is 3. The van der Waals surface area contributed by atoms with E-state index in [1.807, 2.05) is 13.1 Å². The van der Waals surface area contributed by atoms with Crippen molar-refractivity contribution in [2.24, 2.45) is 0 Å². The summed E-state index contributed by atoms with van der Waals surface area (Å²) >= 11 is 5.54. The molecule has 0 aliphatic heterocycles. The van der Waals surface area contributed by atoms with Crippen LogP contribution in [0.25, 0.3) is 10.9 Å². The maximum Gasteiger partial charge on any atom is 0.253 e. The zero-order valence-electron chi connectivity index (χ0n) is 15.3. The van der Waals surface area contributed by atoms with Gasteiger partial charge in [-0.15, -0.1) is 0 Å². The minimum absolute atomic E-state index is 0.0130. The van der Waals surface area contributed by atoms with Crippen LogP contribution in [0.15, 0.2) is 23.0 Å². The highest BCUT2D eigenvalue weighted by atomic mass is 32.1. The Morgan fingerprint density at radius 1 is 1.28 bits per heavy atom. The number of hydrogen-bond donors (Lipinski definition) is 2. The fraction of sp³-hybridized carbons (Fsp3) is 0.500. The molecule has 4 nitrogen and oxygen atoms in total. The van der Waals surface area contributed by atoms with Crippen molar-refractivity contribution in [1.29, 1.82) is 0 Å². The molecule has 0 amide bonds. The van der Waals surface area contributed by atoms with Crippen molar-refractivity contribution in [2.75, 3.05) is 7.05 Å². The zero-order chi connectivity index (χ0) is 18.0. The Morgan fingerprint density at radius 3 is 2.68 bits per heavy atom. The number of aryl methyl sites for hydroxylation is 2. The second-order valence-corrected chi connectivity index (χ2v) is 7.46. The van der Waals surface area contributed by atoms with E-state index in [0.29, 0.717) is 12.6 Å². The van der Waals surface area contributed by atoms with E-state index in [0.717, 1.165) is 40.0 Å². The van der Waals surface area contributed by atoms with Crippen LogP contribution < -0.4 is 10.9 Å². The summed E-state index contributed by atoms with van der Waals surface area (Å²) < 4.78 is 0. The molecule has 1 fully saturated rings. The first-order valence-corrected chi connectivity index (χ1v) is 9.52. The number of nitrogens with zero attached hydrogens (tertiary/aromatic N) is 1. The first-order chi connectivity index (χ1) is 12.0. The van der Waals surface area contributed by atoms with E-state index < -0.39 is 0 Å². The molecular formula is C20H27N3OS. The monoisotopic (exact) mass is 357 g/mol. The van der Waals surface area contributed by atoms with Crippen LogP contribution in [0.2, 0.25) is 0 Å². The number of aromatic nitrogens is 1. The molecule has 1 aromatic carbocycles. The standard InChI is InChI=1S/C20H27N3OS/c1-13-9-10-15-11-16(19(24)22-18(15)14(13)2)12-23(20(25)21-3)17-7-5-4-6-8-17/h9-11,17H,4-8,12H2,1-3H3,(H,21,25)(H,22,24). The third kappa shape index (κ3) is 3.71. The summed E-state index contributed by atoms with van der Waals surface area (Å²) in [5, 5.41) is 4.91. The highest BCUT2D eigenvalue weighted by molar-refractivity contribution is 7.80. The second kappa shape index (κ2) is 7.56. The highest BCUT2D eigenvalue weighted by Crippen LogP contribution is 2.25. The lowest BCUT2D eigenvalue weighted by Gasteiger charge is -2.36. The third-order valence-electron chi connectivity index (χ3n) is 5.46. The molecule has 3 rings (SSSR count). The van der Waals surface area contributed by atoms with Gasteiger partial charge >= 0.3 is 0 Å². The van der Waals surface area contributed by atoms with Crippen molar-refractivity contribution in [1.82, 2.24) is 15.2 Å². The summed E-state index contributed by atoms with van der Waals surface area (Å²) in [6.45, 7) is 4.68. The SMILES string of the molecule is CNC(=S)N(Cc1cc2ccc(C)c(C)c2[nH]c1=O)C1CCCCC1. The average Bonchev–Trinajstić information content (AvgIpc) is 2.64. The maximum atomic E-state index is 12.7. The molecule has 2 N–H and O–H groups in total. The Kier molecular flexibility index (Phi) is 5.42.